The van der Waals surface area contributed by atoms with Gasteiger partial charge in [-0.3, -0.25) is 10.2 Å². The molecule has 0 bridgehead atoms. The largest absolute Gasteiger partial charge is 0.385 e. The molecular formula is C11H18N2O3S. The quantitative estimate of drug-likeness (QED) is 0.334. The number of hydrogen-bond acceptors (Lipinski definition) is 5. The molecule has 1 aromatic heterocycles. The second kappa shape index (κ2) is 7.39. The van der Waals surface area contributed by atoms with E-state index in [2.05, 4.69) is 5.43 Å². The Hall–Kier alpha value is -0.950. The minimum Gasteiger partial charge on any atom is -0.385 e. The number of nitrogens with one attached hydrogen (secondary N) is 1. The number of carbonyl (C=O) groups excluding carboxylic acids is 1. The average Bonchev–Trinajstić information content (AvgIpc) is 2.70. The highest BCUT2D eigenvalue weighted by molar-refractivity contribution is 7.14. The SMILES string of the molecule is COCCCOCc1cc(C(=O)NN)sc1C. The zero-order valence-corrected chi connectivity index (χ0v) is 10.9. The zero-order valence-electron chi connectivity index (χ0n) is 10.1. The highest BCUT2D eigenvalue weighted by Crippen LogP contribution is 2.22. The Bertz CT molecular complexity index is 366. The molecule has 1 amide bonds. The van der Waals surface area contributed by atoms with Crippen LogP contribution in [0.5, 0.6) is 0 Å². The summed E-state index contributed by atoms with van der Waals surface area (Å²) in [5, 5.41) is 0. The smallest absolute Gasteiger partial charge is 0.275 e. The van der Waals surface area contributed by atoms with Gasteiger partial charge < -0.3 is 9.47 Å². The van der Waals surface area contributed by atoms with Gasteiger partial charge in [-0.05, 0) is 25.0 Å². The van der Waals surface area contributed by atoms with Gasteiger partial charge in [0.25, 0.3) is 5.91 Å². The average molecular weight is 258 g/mol. The number of hydrazine groups is 1. The Morgan fingerprint density at radius 1 is 1.53 bits per heavy atom. The number of aryl methyl sites for hydroxylation is 1. The summed E-state index contributed by atoms with van der Waals surface area (Å²) in [5.41, 5.74) is 3.15. The standard InChI is InChI=1S/C11H18N2O3S/c1-8-9(7-16-5-3-4-15-2)6-10(17-8)11(14)13-12/h6H,3-5,7,12H2,1-2H3,(H,13,14). The van der Waals surface area contributed by atoms with E-state index >= 15 is 0 Å². The molecule has 0 unspecified atom stereocenters. The first-order valence-corrected chi connectivity index (χ1v) is 6.17. The van der Waals surface area contributed by atoms with Crippen molar-refractivity contribution in [3.63, 3.8) is 0 Å². The lowest BCUT2D eigenvalue weighted by Gasteiger charge is -2.02. The summed E-state index contributed by atoms with van der Waals surface area (Å²) in [5.74, 6) is 4.82. The molecule has 0 aromatic carbocycles. The summed E-state index contributed by atoms with van der Waals surface area (Å²) in [7, 11) is 1.67. The van der Waals surface area contributed by atoms with Gasteiger partial charge in [-0.1, -0.05) is 0 Å². The molecule has 0 spiro atoms. The molecule has 0 atom stereocenters. The Morgan fingerprint density at radius 3 is 2.94 bits per heavy atom. The maximum atomic E-state index is 11.3. The number of methoxy groups -OCH3 is 1. The van der Waals surface area contributed by atoms with Crippen molar-refractivity contribution < 1.29 is 14.3 Å². The van der Waals surface area contributed by atoms with Crippen LogP contribution in [0.3, 0.4) is 0 Å². The molecule has 6 heteroatoms. The summed E-state index contributed by atoms with van der Waals surface area (Å²) in [4.78, 5) is 13.0. The number of hydrogen-bond donors (Lipinski definition) is 2. The molecule has 3 N–H and O–H groups in total. The van der Waals surface area contributed by atoms with Crippen LogP contribution in [0.4, 0.5) is 0 Å². The molecule has 0 fully saturated rings. The predicted octanol–water partition coefficient (Wildman–Crippen LogP) is 1.21. The summed E-state index contributed by atoms with van der Waals surface area (Å²) in [6, 6.07) is 1.82. The van der Waals surface area contributed by atoms with E-state index in [0.29, 0.717) is 24.7 Å². The van der Waals surface area contributed by atoms with Crippen LogP contribution in [0.25, 0.3) is 0 Å². The van der Waals surface area contributed by atoms with E-state index in [-0.39, 0.29) is 5.91 Å². The van der Waals surface area contributed by atoms with Gasteiger partial charge in [-0.2, -0.15) is 0 Å². The number of thiophene rings is 1. The summed E-state index contributed by atoms with van der Waals surface area (Å²) >= 11 is 1.42. The number of nitrogen functional groups attached to an aromatic ring is 1. The van der Waals surface area contributed by atoms with Crippen LogP contribution in [0.1, 0.15) is 26.5 Å². The fraction of sp³-hybridized carbons (Fsp3) is 0.545. The maximum Gasteiger partial charge on any atom is 0.275 e. The van der Waals surface area contributed by atoms with Crippen LogP contribution in [-0.2, 0) is 16.1 Å². The van der Waals surface area contributed by atoms with Crippen LogP contribution in [0.15, 0.2) is 6.07 Å². The van der Waals surface area contributed by atoms with E-state index in [1.54, 1.807) is 7.11 Å². The van der Waals surface area contributed by atoms with Crippen LogP contribution in [0, 0.1) is 6.92 Å². The number of carbonyl (C=O) groups is 1. The van der Waals surface area contributed by atoms with Crippen molar-refractivity contribution in [3.8, 4) is 0 Å². The lowest BCUT2D eigenvalue weighted by Crippen LogP contribution is -2.29. The first-order valence-electron chi connectivity index (χ1n) is 5.36. The van der Waals surface area contributed by atoms with Crippen molar-refractivity contribution in [3.05, 3.63) is 21.4 Å². The minimum absolute atomic E-state index is 0.260. The molecule has 0 saturated heterocycles. The fourth-order valence-corrected chi connectivity index (χ4v) is 2.27. The Labute approximate surface area is 105 Å². The Kier molecular flexibility index (Phi) is 6.13. The van der Waals surface area contributed by atoms with Gasteiger partial charge in [0.2, 0.25) is 0 Å². The van der Waals surface area contributed by atoms with Gasteiger partial charge in [0, 0.05) is 25.2 Å². The third-order valence-electron chi connectivity index (χ3n) is 2.27. The van der Waals surface area contributed by atoms with E-state index in [1.807, 2.05) is 13.0 Å². The molecule has 0 aliphatic carbocycles. The molecule has 0 radical (unpaired) electrons. The first kappa shape index (κ1) is 14.1. The molecule has 17 heavy (non-hydrogen) atoms. The van der Waals surface area contributed by atoms with Gasteiger partial charge in [-0.15, -0.1) is 11.3 Å². The van der Waals surface area contributed by atoms with Gasteiger partial charge >= 0.3 is 0 Å². The topological polar surface area (TPSA) is 73.6 Å². The van der Waals surface area contributed by atoms with Crippen molar-refractivity contribution in [2.45, 2.75) is 20.0 Å². The van der Waals surface area contributed by atoms with E-state index < -0.39 is 0 Å². The molecule has 0 aliphatic heterocycles. The molecule has 5 nitrogen and oxygen atoms in total. The monoisotopic (exact) mass is 258 g/mol. The second-order valence-electron chi connectivity index (χ2n) is 3.56. The first-order chi connectivity index (χ1) is 8.19. The second-order valence-corrected chi connectivity index (χ2v) is 4.82. The van der Waals surface area contributed by atoms with Crippen molar-refractivity contribution in [1.82, 2.24) is 5.43 Å². The Morgan fingerprint density at radius 2 is 2.29 bits per heavy atom. The molecule has 1 heterocycles. The van der Waals surface area contributed by atoms with Crippen LogP contribution >= 0.6 is 11.3 Å². The van der Waals surface area contributed by atoms with Gasteiger partial charge in [0.15, 0.2) is 0 Å². The maximum absolute atomic E-state index is 11.3. The van der Waals surface area contributed by atoms with E-state index in [4.69, 9.17) is 15.3 Å². The number of amides is 1. The van der Waals surface area contributed by atoms with E-state index in [1.165, 1.54) is 11.3 Å². The normalized spacial score (nSPS) is 10.5. The van der Waals surface area contributed by atoms with Crippen molar-refractivity contribution in [2.24, 2.45) is 5.84 Å². The highest BCUT2D eigenvalue weighted by Gasteiger charge is 2.11. The molecule has 1 rings (SSSR count). The summed E-state index contributed by atoms with van der Waals surface area (Å²) < 4.78 is 10.4. The summed E-state index contributed by atoms with van der Waals surface area (Å²) in [6.45, 7) is 3.83. The third kappa shape index (κ3) is 4.43. The predicted molar refractivity (Wildman–Crippen MR) is 66.9 cm³/mol. The number of ether oxygens (including phenoxy) is 2. The van der Waals surface area contributed by atoms with Gasteiger partial charge in [0.05, 0.1) is 11.5 Å². The zero-order chi connectivity index (χ0) is 12.7. The van der Waals surface area contributed by atoms with E-state index in [9.17, 15) is 4.79 Å². The molecule has 1 aromatic rings. The fourth-order valence-electron chi connectivity index (χ4n) is 1.33. The van der Waals surface area contributed by atoms with Gasteiger partial charge in [0.1, 0.15) is 0 Å². The third-order valence-corrected chi connectivity index (χ3v) is 3.36. The van der Waals surface area contributed by atoms with Crippen molar-refractivity contribution in [2.75, 3.05) is 20.3 Å². The molecule has 0 saturated carbocycles. The van der Waals surface area contributed by atoms with Gasteiger partial charge in [-0.25, -0.2) is 5.84 Å². The lowest BCUT2D eigenvalue weighted by atomic mass is 10.2. The molecule has 96 valence electrons. The molecular weight excluding hydrogens is 240 g/mol. The lowest BCUT2D eigenvalue weighted by molar-refractivity contribution is 0.0926. The van der Waals surface area contributed by atoms with Crippen LogP contribution < -0.4 is 11.3 Å². The van der Waals surface area contributed by atoms with Crippen molar-refractivity contribution in [1.29, 1.82) is 0 Å². The highest BCUT2D eigenvalue weighted by atomic mass is 32.1. The van der Waals surface area contributed by atoms with Crippen molar-refractivity contribution >= 4 is 17.2 Å². The Balaban J connectivity index is 2.43. The van der Waals surface area contributed by atoms with E-state index in [0.717, 1.165) is 16.9 Å². The molecule has 0 aliphatic rings. The number of rotatable bonds is 7. The number of nitrogens with two attached hydrogens (primary N) is 1. The summed E-state index contributed by atoms with van der Waals surface area (Å²) in [6.07, 6.45) is 0.871. The van der Waals surface area contributed by atoms with Crippen LogP contribution in [-0.4, -0.2) is 26.2 Å². The van der Waals surface area contributed by atoms with Crippen LogP contribution in [0.2, 0.25) is 0 Å². The minimum atomic E-state index is -0.260.